The Kier molecular flexibility index (Phi) is 5.18. The van der Waals surface area contributed by atoms with Gasteiger partial charge in [0, 0.05) is 12.0 Å². The molecule has 0 aliphatic carbocycles. The molecule has 3 rings (SSSR count). The zero-order valence-electron chi connectivity index (χ0n) is 13.8. The number of nitrogens with zero attached hydrogens (tertiary/aromatic N) is 2. The maximum absolute atomic E-state index is 13.0. The molecule has 1 amide bonds. The second-order valence-electron chi connectivity index (χ2n) is 5.74. The van der Waals surface area contributed by atoms with Crippen LogP contribution in [-0.2, 0) is 11.2 Å². The van der Waals surface area contributed by atoms with Gasteiger partial charge in [-0.2, -0.15) is 4.98 Å². The highest BCUT2D eigenvalue weighted by atomic mass is 19.1. The van der Waals surface area contributed by atoms with Crippen molar-refractivity contribution in [3.8, 4) is 11.4 Å². The monoisotopic (exact) mass is 339 g/mol. The number of benzene rings is 2. The number of rotatable bonds is 6. The Morgan fingerprint density at radius 1 is 1.16 bits per heavy atom. The Morgan fingerprint density at radius 2 is 1.88 bits per heavy atom. The summed E-state index contributed by atoms with van der Waals surface area (Å²) in [5.41, 5.74) is 1.76. The number of aryl methyl sites for hydroxylation is 1. The number of hydrogen-bond acceptors (Lipinski definition) is 4. The van der Waals surface area contributed by atoms with Gasteiger partial charge < -0.3 is 9.84 Å². The third kappa shape index (κ3) is 4.50. The second kappa shape index (κ2) is 7.70. The zero-order chi connectivity index (χ0) is 17.6. The molecule has 25 heavy (non-hydrogen) atoms. The Hall–Kier alpha value is -3.02. The first-order valence-corrected chi connectivity index (χ1v) is 8.04. The van der Waals surface area contributed by atoms with Crippen molar-refractivity contribution in [1.82, 2.24) is 15.5 Å². The van der Waals surface area contributed by atoms with E-state index >= 15 is 0 Å². The lowest BCUT2D eigenvalue weighted by atomic mass is 10.1. The Morgan fingerprint density at radius 3 is 2.60 bits per heavy atom. The molecule has 128 valence electrons. The molecule has 0 aliphatic rings. The highest BCUT2D eigenvalue weighted by Gasteiger charge is 2.17. The molecule has 0 fully saturated rings. The predicted octanol–water partition coefficient (Wildman–Crippen LogP) is 3.69. The van der Waals surface area contributed by atoms with Gasteiger partial charge in [-0.3, -0.25) is 4.79 Å². The maximum atomic E-state index is 13.0. The first kappa shape index (κ1) is 16.8. The highest BCUT2D eigenvalue weighted by molar-refractivity contribution is 5.76. The van der Waals surface area contributed by atoms with Crippen LogP contribution in [0.5, 0.6) is 0 Å². The fourth-order valence-corrected chi connectivity index (χ4v) is 2.41. The van der Waals surface area contributed by atoms with Gasteiger partial charge in [0.2, 0.25) is 17.6 Å². The summed E-state index contributed by atoms with van der Waals surface area (Å²) in [5, 5.41) is 6.72. The van der Waals surface area contributed by atoms with Gasteiger partial charge in [-0.25, -0.2) is 4.39 Å². The molecule has 1 aromatic heterocycles. The number of nitrogens with one attached hydrogen (secondary N) is 1. The average molecular weight is 339 g/mol. The summed E-state index contributed by atoms with van der Waals surface area (Å²) < 4.78 is 18.2. The molecule has 6 heteroatoms. The molecular formula is C19H18FN3O2. The van der Waals surface area contributed by atoms with Crippen LogP contribution in [0.2, 0.25) is 0 Å². The second-order valence-corrected chi connectivity index (χ2v) is 5.74. The van der Waals surface area contributed by atoms with E-state index in [0.717, 1.165) is 5.56 Å². The number of aromatic nitrogens is 2. The summed E-state index contributed by atoms with van der Waals surface area (Å²) in [6.07, 6.45) is 1.05. The van der Waals surface area contributed by atoms with Gasteiger partial charge in [0.25, 0.3) is 0 Å². The molecular weight excluding hydrogens is 321 g/mol. The van der Waals surface area contributed by atoms with Gasteiger partial charge >= 0.3 is 0 Å². The van der Waals surface area contributed by atoms with Crippen LogP contribution in [-0.4, -0.2) is 16.0 Å². The van der Waals surface area contributed by atoms with Crippen LogP contribution in [0, 0.1) is 5.82 Å². The van der Waals surface area contributed by atoms with Crippen LogP contribution in [0.25, 0.3) is 11.4 Å². The number of amides is 1. The third-order valence-corrected chi connectivity index (χ3v) is 3.78. The van der Waals surface area contributed by atoms with Crippen LogP contribution in [0.1, 0.15) is 30.8 Å². The van der Waals surface area contributed by atoms with E-state index in [2.05, 4.69) is 15.5 Å². The summed E-state index contributed by atoms with van der Waals surface area (Å²) >= 11 is 0. The molecule has 1 atom stereocenters. The minimum atomic E-state index is -0.398. The fourth-order valence-electron chi connectivity index (χ4n) is 2.41. The molecule has 0 spiro atoms. The van der Waals surface area contributed by atoms with Gasteiger partial charge in [0.1, 0.15) is 11.9 Å². The first-order valence-electron chi connectivity index (χ1n) is 8.04. The van der Waals surface area contributed by atoms with E-state index in [1.165, 1.54) is 12.1 Å². The van der Waals surface area contributed by atoms with Crippen molar-refractivity contribution in [2.75, 3.05) is 0 Å². The van der Waals surface area contributed by atoms with Gasteiger partial charge in [-0.1, -0.05) is 35.5 Å². The molecule has 0 unspecified atom stereocenters. The van der Waals surface area contributed by atoms with E-state index in [9.17, 15) is 9.18 Å². The van der Waals surface area contributed by atoms with E-state index in [4.69, 9.17) is 4.52 Å². The molecule has 0 aliphatic heterocycles. The van der Waals surface area contributed by atoms with Crippen LogP contribution in [0.3, 0.4) is 0 Å². The van der Waals surface area contributed by atoms with E-state index in [1.807, 2.05) is 30.3 Å². The molecule has 0 saturated carbocycles. The highest BCUT2D eigenvalue weighted by Crippen LogP contribution is 2.19. The maximum Gasteiger partial charge on any atom is 0.249 e. The van der Waals surface area contributed by atoms with E-state index in [1.54, 1.807) is 19.1 Å². The average Bonchev–Trinajstić information content (AvgIpc) is 3.12. The Bertz CT molecular complexity index is 831. The summed E-state index contributed by atoms with van der Waals surface area (Å²) in [4.78, 5) is 16.3. The molecule has 0 saturated heterocycles. The number of hydrogen-bond donors (Lipinski definition) is 1. The minimum absolute atomic E-state index is 0.0853. The lowest BCUT2D eigenvalue weighted by Crippen LogP contribution is -2.27. The topological polar surface area (TPSA) is 68.0 Å². The molecule has 1 heterocycles. The standard InChI is InChI=1S/C19H18FN3O2/c1-13(21-17(24)12-7-14-5-3-2-4-6-14)19-22-18(23-25-19)15-8-10-16(20)11-9-15/h2-6,8-11,13H,7,12H2,1H3,(H,21,24)/t13-/m1/s1. The van der Waals surface area contributed by atoms with Crippen LogP contribution < -0.4 is 5.32 Å². The molecule has 3 aromatic rings. The predicted molar refractivity (Wildman–Crippen MR) is 91.0 cm³/mol. The summed E-state index contributed by atoms with van der Waals surface area (Å²) in [6.45, 7) is 1.78. The van der Waals surface area contributed by atoms with Crippen molar-refractivity contribution in [2.45, 2.75) is 25.8 Å². The van der Waals surface area contributed by atoms with E-state index < -0.39 is 6.04 Å². The quantitative estimate of drug-likeness (QED) is 0.744. The Balaban J connectivity index is 1.57. The Labute approximate surface area is 144 Å². The molecule has 5 nitrogen and oxygen atoms in total. The van der Waals surface area contributed by atoms with Gasteiger partial charge in [0.05, 0.1) is 0 Å². The smallest absolute Gasteiger partial charge is 0.249 e. The SMILES string of the molecule is C[C@@H](NC(=O)CCc1ccccc1)c1nc(-c2ccc(F)cc2)no1. The van der Waals surface area contributed by atoms with Crippen LogP contribution in [0.15, 0.2) is 59.1 Å². The third-order valence-electron chi connectivity index (χ3n) is 3.78. The zero-order valence-corrected chi connectivity index (χ0v) is 13.8. The van der Waals surface area contributed by atoms with Crippen LogP contribution in [0.4, 0.5) is 4.39 Å². The van der Waals surface area contributed by atoms with Crippen molar-refractivity contribution >= 4 is 5.91 Å². The number of carbonyl (C=O) groups is 1. The van der Waals surface area contributed by atoms with Gasteiger partial charge in [0.15, 0.2) is 0 Å². The van der Waals surface area contributed by atoms with Crippen molar-refractivity contribution in [3.63, 3.8) is 0 Å². The minimum Gasteiger partial charge on any atom is -0.345 e. The van der Waals surface area contributed by atoms with Gasteiger partial charge in [-0.05, 0) is 43.2 Å². The van der Waals surface area contributed by atoms with Crippen molar-refractivity contribution in [2.24, 2.45) is 0 Å². The van der Waals surface area contributed by atoms with Crippen molar-refractivity contribution in [1.29, 1.82) is 0 Å². The van der Waals surface area contributed by atoms with Gasteiger partial charge in [-0.15, -0.1) is 0 Å². The lowest BCUT2D eigenvalue weighted by molar-refractivity contribution is -0.121. The normalized spacial score (nSPS) is 11.9. The van der Waals surface area contributed by atoms with E-state index in [0.29, 0.717) is 30.1 Å². The summed E-state index contributed by atoms with van der Waals surface area (Å²) in [5.74, 6) is 0.261. The summed E-state index contributed by atoms with van der Waals surface area (Å²) in [7, 11) is 0. The lowest BCUT2D eigenvalue weighted by Gasteiger charge is -2.09. The van der Waals surface area contributed by atoms with Crippen molar-refractivity contribution in [3.05, 3.63) is 71.9 Å². The molecule has 0 radical (unpaired) electrons. The largest absolute Gasteiger partial charge is 0.345 e. The molecule has 1 N–H and O–H groups in total. The molecule has 0 bridgehead atoms. The summed E-state index contributed by atoms with van der Waals surface area (Å²) in [6, 6.07) is 15.2. The number of carbonyl (C=O) groups excluding carboxylic acids is 1. The van der Waals surface area contributed by atoms with Crippen molar-refractivity contribution < 1.29 is 13.7 Å². The molecule has 2 aromatic carbocycles. The van der Waals surface area contributed by atoms with E-state index in [-0.39, 0.29) is 11.7 Å². The fraction of sp³-hybridized carbons (Fsp3) is 0.211. The number of halogens is 1. The van der Waals surface area contributed by atoms with Crippen LogP contribution >= 0.6 is 0 Å². The first-order chi connectivity index (χ1) is 12.1.